The summed E-state index contributed by atoms with van der Waals surface area (Å²) in [7, 11) is 0. The average molecular weight is 162 g/mol. The minimum atomic E-state index is 0.676. The lowest BCUT2D eigenvalue weighted by Crippen LogP contribution is -2.03. The first-order valence-electron chi connectivity index (χ1n) is 4.38. The minimum Gasteiger partial charge on any atom is -0.397 e. The van der Waals surface area contributed by atoms with Crippen LogP contribution in [-0.2, 0) is 0 Å². The van der Waals surface area contributed by atoms with Crippen LogP contribution in [0.25, 0.3) is 0 Å². The second-order valence-corrected chi connectivity index (χ2v) is 3.51. The average Bonchev–Trinajstić information content (AvgIpc) is 2.79. The van der Waals surface area contributed by atoms with Crippen molar-refractivity contribution in [2.24, 2.45) is 0 Å². The first-order valence-corrected chi connectivity index (χ1v) is 4.38. The second-order valence-electron chi connectivity index (χ2n) is 3.51. The molecule has 2 heteroatoms. The van der Waals surface area contributed by atoms with Gasteiger partial charge in [0.2, 0.25) is 0 Å². The molecule has 1 aliphatic carbocycles. The quantitative estimate of drug-likeness (QED) is 0.654. The molecule has 0 aromatic heterocycles. The molecule has 0 saturated heterocycles. The number of hydrogen-bond acceptors (Lipinski definition) is 2. The smallest absolute Gasteiger partial charge is 0.0576 e. The second kappa shape index (κ2) is 2.70. The van der Waals surface area contributed by atoms with Crippen LogP contribution < -0.4 is 11.1 Å². The van der Waals surface area contributed by atoms with Crippen molar-refractivity contribution in [2.45, 2.75) is 25.8 Å². The number of rotatable bonds is 2. The molecule has 1 aromatic rings. The van der Waals surface area contributed by atoms with Crippen LogP contribution in [0.3, 0.4) is 0 Å². The predicted octanol–water partition coefficient (Wildman–Crippen LogP) is 2.15. The van der Waals surface area contributed by atoms with Gasteiger partial charge in [-0.25, -0.2) is 0 Å². The van der Waals surface area contributed by atoms with E-state index in [1.807, 2.05) is 6.07 Å². The molecule has 0 amide bonds. The van der Waals surface area contributed by atoms with Crippen molar-refractivity contribution in [2.75, 3.05) is 11.1 Å². The summed E-state index contributed by atoms with van der Waals surface area (Å²) in [5.41, 5.74) is 9.00. The fourth-order valence-electron chi connectivity index (χ4n) is 1.26. The van der Waals surface area contributed by atoms with Crippen LogP contribution in [0.5, 0.6) is 0 Å². The van der Waals surface area contributed by atoms with Gasteiger partial charge in [-0.1, -0.05) is 6.07 Å². The summed E-state index contributed by atoms with van der Waals surface area (Å²) >= 11 is 0. The van der Waals surface area contributed by atoms with Crippen molar-refractivity contribution in [3.8, 4) is 0 Å². The summed E-state index contributed by atoms with van der Waals surface area (Å²) < 4.78 is 0. The molecule has 1 fully saturated rings. The number of aryl methyl sites for hydroxylation is 1. The number of hydrogen-bond donors (Lipinski definition) is 2. The first-order chi connectivity index (χ1) is 5.75. The normalized spacial score (nSPS) is 16.1. The van der Waals surface area contributed by atoms with Gasteiger partial charge in [0.1, 0.15) is 0 Å². The number of nitrogen functional groups attached to an aromatic ring is 1. The van der Waals surface area contributed by atoms with E-state index in [1.165, 1.54) is 18.4 Å². The minimum absolute atomic E-state index is 0.676. The number of anilines is 2. The van der Waals surface area contributed by atoms with Crippen molar-refractivity contribution in [3.63, 3.8) is 0 Å². The summed E-state index contributed by atoms with van der Waals surface area (Å²) in [6.45, 7) is 2.05. The van der Waals surface area contributed by atoms with E-state index in [0.717, 1.165) is 11.4 Å². The summed E-state index contributed by atoms with van der Waals surface area (Å²) in [5.74, 6) is 0. The van der Waals surface area contributed by atoms with Crippen molar-refractivity contribution >= 4 is 11.4 Å². The Morgan fingerprint density at radius 1 is 1.42 bits per heavy atom. The van der Waals surface area contributed by atoms with Gasteiger partial charge < -0.3 is 11.1 Å². The molecule has 2 rings (SSSR count). The fraction of sp³-hybridized carbons (Fsp3) is 0.400. The third kappa shape index (κ3) is 1.52. The van der Waals surface area contributed by atoms with Gasteiger partial charge in [0.25, 0.3) is 0 Å². The van der Waals surface area contributed by atoms with E-state index in [1.54, 1.807) is 0 Å². The molecule has 64 valence electrons. The Morgan fingerprint density at radius 2 is 2.17 bits per heavy atom. The molecule has 3 N–H and O–H groups in total. The highest BCUT2D eigenvalue weighted by molar-refractivity contribution is 5.67. The highest BCUT2D eigenvalue weighted by Gasteiger charge is 2.21. The van der Waals surface area contributed by atoms with Crippen molar-refractivity contribution in [1.82, 2.24) is 0 Å². The zero-order chi connectivity index (χ0) is 8.55. The summed E-state index contributed by atoms with van der Waals surface area (Å²) in [6.07, 6.45) is 2.57. The van der Waals surface area contributed by atoms with Crippen LogP contribution in [0, 0.1) is 6.92 Å². The van der Waals surface area contributed by atoms with Crippen LogP contribution in [0.4, 0.5) is 11.4 Å². The van der Waals surface area contributed by atoms with E-state index < -0.39 is 0 Å². The summed E-state index contributed by atoms with van der Waals surface area (Å²) in [4.78, 5) is 0. The third-order valence-electron chi connectivity index (χ3n) is 2.14. The molecule has 0 spiro atoms. The lowest BCUT2D eigenvalue weighted by molar-refractivity contribution is 1.16. The Kier molecular flexibility index (Phi) is 1.68. The summed E-state index contributed by atoms with van der Waals surface area (Å²) in [5, 5.41) is 3.39. The van der Waals surface area contributed by atoms with Crippen LogP contribution in [0.1, 0.15) is 18.4 Å². The van der Waals surface area contributed by atoms with Crippen molar-refractivity contribution in [3.05, 3.63) is 23.8 Å². The largest absolute Gasteiger partial charge is 0.397 e. The van der Waals surface area contributed by atoms with E-state index in [4.69, 9.17) is 5.73 Å². The summed E-state index contributed by atoms with van der Waals surface area (Å²) in [6, 6.07) is 6.82. The van der Waals surface area contributed by atoms with E-state index in [0.29, 0.717) is 6.04 Å². The Labute approximate surface area is 72.8 Å². The van der Waals surface area contributed by atoms with Crippen LogP contribution in [0.2, 0.25) is 0 Å². The third-order valence-corrected chi connectivity index (χ3v) is 2.14. The maximum atomic E-state index is 5.83. The predicted molar refractivity (Wildman–Crippen MR) is 52.2 cm³/mol. The lowest BCUT2D eigenvalue weighted by atomic mass is 10.2. The SMILES string of the molecule is Cc1ccc(NC2CC2)c(N)c1. The molecule has 1 aromatic carbocycles. The van der Waals surface area contributed by atoms with Gasteiger partial charge >= 0.3 is 0 Å². The van der Waals surface area contributed by atoms with Gasteiger partial charge in [-0.2, -0.15) is 0 Å². The first kappa shape index (κ1) is 7.47. The number of nitrogens with two attached hydrogens (primary N) is 1. The molecule has 0 unspecified atom stereocenters. The Hall–Kier alpha value is -1.18. The molecule has 0 bridgehead atoms. The molecule has 1 saturated carbocycles. The van der Waals surface area contributed by atoms with Gasteiger partial charge in [0, 0.05) is 6.04 Å². The fourth-order valence-corrected chi connectivity index (χ4v) is 1.26. The highest BCUT2D eigenvalue weighted by atomic mass is 15.0. The molecule has 0 heterocycles. The number of nitrogens with one attached hydrogen (secondary N) is 1. The number of benzene rings is 1. The van der Waals surface area contributed by atoms with Crippen LogP contribution >= 0.6 is 0 Å². The Morgan fingerprint density at radius 3 is 2.75 bits per heavy atom. The van der Waals surface area contributed by atoms with Gasteiger partial charge in [0.05, 0.1) is 11.4 Å². The van der Waals surface area contributed by atoms with Crippen LogP contribution in [0.15, 0.2) is 18.2 Å². The van der Waals surface area contributed by atoms with Gasteiger partial charge in [0.15, 0.2) is 0 Å². The molecule has 0 atom stereocenters. The highest BCUT2D eigenvalue weighted by Crippen LogP contribution is 2.28. The topological polar surface area (TPSA) is 38.0 Å². The maximum Gasteiger partial charge on any atom is 0.0576 e. The lowest BCUT2D eigenvalue weighted by Gasteiger charge is -2.08. The molecular formula is C10H14N2. The van der Waals surface area contributed by atoms with E-state index in [2.05, 4.69) is 24.4 Å². The Balaban J connectivity index is 2.18. The van der Waals surface area contributed by atoms with Gasteiger partial charge in [-0.05, 0) is 37.5 Å². The molecule has 1 aliphatic rings. The molecule has 0 radical (unpaired) electrons. The van der Waals surface area contributed by atoms with E-state index in [-0.39, 0.29) is 0 Å². The van der Waals surface area contributed by atoms with Crippen molar-refractivity contribution in [1.29, 1.82) is 0 Å². The van der Waals surface area contributed by atoms with Crippen LogP contribution in [-0.4, -0.2) is 6.04 Å². The molecule has 12 heavy (non-hydrogen) atoms. The Bertz CT molecular complexity index is 290. The molecule has 2 nitrogen and oxygen atoms in total. The van der Waals surface area contributed by atoms with E-state index in [9.17, 15) is 0 Å². The zero-order valence-electron chi connectivity index (χ0n) is 7.30. The van der Waals surface area contributed by atoms with Crippen molar-refractivity contribution < 1.29 is 0 Å². The molecule has 0 aliphatic heterocycles. The van der Waals surface area contributed by atoms with Gasteiger partial charge in [-0.3, -0.25) is 0 Å². The van der Waals surface area contributed by atoms with Gasteiger partial charge in [-0.15, -0.1) is 0 Å². The monoisotopic (exact) mass is 162 g/mol. The maximum absolute atomic E-state index is 5.83. The van der Waals surface area contributed by atoms with E-state index >= 15 is 0 Å². The zero-order valence-corrected chi connectivity index (χ0v) is 7.30. The standard InChI is InChI=1S/C10H14N2/c1-7-2-5-10(9(11)6-7)12-8-3-4-8/h2,5-6,8,12H,3-4,11H2,1H3. The molecular weight excluding hydrogens is 148 g/mol.